The van der Waals surface area contributed by atoms with Gasteiger partial charge in [0.25, 0.3) is 0 Å². The number of hydrogen-bond donors (Lipinski definition) is 1. The number of morpholine rings is 1. The summed E-state index contributed by atoms with van der Waals surface area (Å²) < 4.78 is 56.3. The second-order valence-electron chi connectivity index (χ2n) is 15.6. The Morgan fingerprint density at radius 3 is 2.24 bits per heavy atom. The number of aryl methyl sites for hydroxylation is 1. The zero-order chi connectivity index (χ0) is 44.3. The van der Waals surface area contributed by atoms with Crippen molar-refractivity contribution in [3.63, 3.8) is 0 Å². The molecule has 334 valence electrons. The smallest absolute Gasteiger partial charge is 0.242 e. The molecule has 0 bridgehead atoms. The third-order valence-corrected chi connectivity index (χ3v) is 11.8. The fourth-order valence-corrected chi connectivity index (χ4v) is 8.15. The maximum atomic E-state index is 14.5. The minimum Gasteiger partial charge on any atom is -0.378 e. The SMILES string of the molecule is Cc1nc2ccccc2n1-c1nc(N2CCOCC2)nc(N2CCN(C(=O)CCCCCNCC(=O)CCCOCC(=O)c3cc(F)c(F)cc3Cc3ccc(I)cc3F)CC2)n1. The first-order valence-corrected chi connectivity index (χ1v) is 22.4. The van der Waals surface area contributed by atoms with Crippen LogP contribution in [0, 0.1) is 27.9 Å². The van der Waals surface area contributed by atoms with Crippen LogP contribution in [-0.4, -0.2) is 126 Å². The Morgan fingerprint density at radius 2 is 1.48 bits per heavy atom. The number of aromatic nitrogens is 5. The Kier molecular flexibility index (Phi) is 16.1. The van der Waals surface area contributed by atoms with E-state index in [1.807, 2.05) is 63.2 Å². The number of piperazine rings is 1. The molecule has 14 nitrogen and oxygen atoms in total. The number of carbonyl (C=O) groups excluding carboxylic acids is 3. The van der Waals surface area contributed by atoms with Crippen molar-refractivity contribution in [3.05, 3.63) is 98.1 Å². The highest BCUT2D eigenvalue weighted by molar-refractivity contribution is 14.1. The normalized spacial score (nSPS) is 14.5. The van der Waals surface area contributed by atoms with E-state index in [2.05, 4.69) is 15.1 Å². The summed E-state index contributed by atoms with van der Waals surface area (Å²) in [6.07, 6.45) is 3.41. The highest BCUT2D eigenvalue weighted by atomic mass is 127. The van der Waals surface area contributed by atoms with E-state index in [-0.39, 0.29) is 61.0 Å². The Morgan fingerprint density at radius 1 is 0.762 bits per heavy atom. The van der Waals surface area contributed by atoms with Crippen LogP contribution in [0.5, 0.6) is 0 Å². The summed E-state index contributed by atoms with van der Waals surface area (Å²) >= 11 is 1.97. The monoisotopic (exact) mass is 981 g/mol. The largest absolute Gasteiger partial charge is 0.378 e. The van der Waals surface area contributed by atoms with E-state index in [4.69, 9.17) is 29.4 Å². The van der Waals surface area contributed by atoms with Crippen molar-refractivity contribution < 1.29 is 37.0 Å². The first-order chi connectivity index (χ1) is 30.5. The predicted octanol–water partition coefficient (Wildman–Crippen LogP) is 6.02. The molecule has 1 N–H and O–H groups in total. The van der Waals surface area contributed by atoms with Gasteiger partial charge in [-0.1, -0.05) is 24.6 Å². The molecule has 0 unspecified atom stereocenters. The van der Waals surface area contributed by atoms with Crippen molar-refractivity contribution in [1.29, 1.82) is 0 Å². The molecule has 7 rings (SSSR count). The Bertz CT molecular complexity index is 2410. The highest BCUT2D eigenvalue weighted by Gasteiger charge is 2.26. The molecular weight excluding hydrogens is 930 g/mol. The van der Waals surface area contributed by atoms with Crippen LogP contribution in [0.3, 0.4) is 0 Å². The fraction of sp³-hybridized carbons (Fsp3) is 0.444. The van der Waals surface area contributed by atoms with E-state index in [1.54, 1.807) is 12.1 Å². The molecule has 0 radical (unpaired) electrons. The minimum atomic E-state index is -1.18. The number of ketones is 2. The van der Waals surface area contributed by atoms with Crippen LogP contribution in [0.4, 0.5) is 25.1 Å². The van der Waals surface area contributed by atoms with Gasteiger partial charge in [-0.2, -0.15) is 15.0 Å². The minimum absolute atomic E-state index is 0.00210. The number of carbonyl (C=O) groups is 3. The summed E-state index contributed by atoms with van der Waals surface area (Å²) in [5.74, 6) is -0.790. The van der Waals surface area contributed by atoms with E-state index >= 15 is 0 Å². The standard InChI is InChI=1S/C45H51F3IN9O5/c1-30-51-39-9-4-5-10-40(39)58(30)45-53-43(52-44(54-45)57-19-22-62-23-20-57)56-17-15-55(16-18-56)42(61)11-3-2-6-14-50-28-34(59)8-7-21-63-29-41(60)35-27-38(48)37(47)25-32(35)24-31-12-13-33(49)26-36(31)46/h4-5,9-10,12-13,25-27,50H,2-3,6-8,11,14-24,28-29H2,1H3. The summed E-state index contributed by atoms with van der Waals surface area (Å²) in [6, 6.07) is 14.2. The number of imidazole rings is 1. The number of halogens is 4. The number of anilines is 2. The van der Waals surface area contributed by atoms with E-state index < -0.39 is 23.2 Å². The van der Waals surface area contributed by atoms with Crippen molar-refractivity contribution in [1.82, 2.24) is 34.7 Å². The van der Waals surface area contributed by atoms with Gasteiger partial charge in [0.1, 0.15) is 24.0 Å². The Balaban J connectivity index is 0.777. The number of hydrogen-bond acceptors (Lipinski definition) is 12. The molecule has 0 saturated carbocycles. The van der Waals surface area contributed by atoms with Gasteiger partial charge in [0.2, 0.25) is 23.8 Å². The van der Waals surface area contributed by atoms with Gasteiger partial charge in [0, 0.05) is 74.3 Å². The lowest BCUT2D eigenvalue weighted by atomic mass is 9.96. The lowest BCUT2D eigenvalue weighted by Gasteiger charge is -2.35. The quantitative estimate of drug-likeness (QED) is 0.0553. The van der Waals surface area contributed by atoms with E-state index in [0.29, 0.717) is 93.3 Å². The second-order valence-corrected chi connectivity index (χ2v) is 16.9. The molecule has 2 saturated heterocycles. The molecule has 1 amide bonds. The number of ether oxygens (including phenoxy) is 2. The number of para-hydroxylation sites is 2. The zero-order valence-electron chi connectivity index (χ0n) is 35.3. The second kappa shape index (κ2) is 22.0. The van der Waals surface area contributed by atoms with Crippen molar-refractivity contribution >= 4 is 63.0 Å². The molecule has 2 aliphatic heterocycles. The van der Waals surface area contributed by atoms with Crippen LogP contribution in [0.25, 0.3) is 17.0 Å². The predicted molar refractivity (Wildman–Crippen MR) is 240 cm³/mol. The van der Waals surface area contributed by atoms with Crippen LogP contribution < -0.4 is 15.1 Å². The van der Waals surface area contributed by atoms with E-state index in [0.717, 1.165) is 48.3 Å². The lowest BCUT2D eigenvalue weighted by molar-refractivity contribution is -0.131. The summed E-state index contributed by atoms with van der Waals surface area (Å²) in [5, 5.41) is 3.16. The van der Waals surface area contributed by atoms with Crippen LogP contribution in [0.1, 0.15) is 65.8 Å². The Hall–Kier alpha value is -5.05. The van der Waals surface area contributed by atoms with Gasteiger partial charge in [-0.15, -0.1) is 0 Å². The third kappa shape index (κ3) is 12.2. The molecule has 63 heavy (non-hydrogen) atoms. The van der Waals surface area contributed by atoms with Crippen LogP contribution in [-0.2, 0) is 25.5 Å². The number of rotatable bonds is 20. The average Bonchev–Trinajstić information content (AvgIpc) is 3.63. The number of fused-ring (bicyclic) bond motifs is 1. The van der Waals surface area contributed by atoms with Gasteiger partial charge in [-0.3, -0.25) is 19.0 Å². The van der Waals surface area contributed by atoms with Gasteiger partial charge in [-0.25, -0.2) is 18.2 Å². The van der Waals surface area contributed by atoms with Gasteiger partial charge in [0.05, 0.1) is 30.8 Å². The summed E-state index contributed by atoms with van der Waals surface area (Å²) in [6.45, 7) is 7.41. The van der Waals surface area contributed by atoms with Crippen LogP contribution >= 0.6 is 22.6 Å². The van der Waals surface area contributed by atoms with Crippen LogP contribution in [0.15, 0.2) is 54.6 Å². The molecular formula is C45H51F3IN9O5. The van der Waals surface area contributed by atoms with Gasteiger partial charge in [-0.05, 0) is 103 Å². The topological polar surface area (TPSA) is 148 Å². The average molecular weight is 982 g/mol. The lowest BCUT2D eigenvalue weighted by Crippen LogP contribution is -2.49. The maximum absolute atomic E-state index is 14.5. The summed E-state index contributed by atoms with van der Waals surface area (Å²) in [4.78, 5) is 64.0. The number of benzene rings is 3. The first-order valence-electron chi connectivity index (χ1n) is 21.3. The number of unbranched alkanes of at least 4 members (excludes halogenated alkanes) is 2. The number of amides is 1. The number of nitrogens with zero attached hydrogens (tertiary/aromatic N) is 8. The molecule has 2 aliphatic rings. The summed E-state index contributed by atoms with van der Waals surface area (Å²) in [5.41, 5.74) is 2.12. The third-order valence-electron chi connectivity index (χ3n) is 11.1. The molecule has 2 aromatic heterocycles. The number of Topliss-reactive ketones (excluding diaryl/α,β-unsaturated/α-hetero) is 2. The molecule has 5 aromatic rings. The maximum Gasteiger partial charge on any atom is 0.242 e. The van der Waals surface area contributed by atoms with Gasteiger partial charge in [0.15, 0.2) is 17.4 Å². The van der Waals surface area contributed by atoms with Gasteiger partial charge >= 0.3 is 0 Å². The molecule has 0 aliphatic carbocycles. The molecule has 4 heterocycles. The summed E-state index contributed by atoms with van der Waals surface area (Å²) in [7, 11) is 0. The van der Waals surface area contributed by atoms with Crippen LogP contribution in [0.2, 0.25) is 0 Å². The highest BCUT2D eigenvalue weighted by Crippen LogP contribution is 2.25. The van der Waals surface area contributed by atoms with Crippen molar-refractivity contribution in [2.24, 2.45) is 0 Å². The first kappa shape index (κ1) is 46.0. The molecule has 3 aromatic carbocycles. The van der Waals surface area contributed by atoms with Crippen molar-refractivity contribution in [2.45, 2.75) is 51.9 Å². The zero-order valence-corrected chi connectivity index (χ0v) is 37.4. The van der Waals surface area contributed by atoms with Crippen molar-refractivity contribution in [2.75, 3.05) is 88.6 Å². The Labute approximate surface area is 377 Å². The molecule has 0 atom stereocenters. The molecule has 0 spiro atoms. The van der Waals surface area contributed by atoms with Gasteiger partial charge < -0.3 is 29.5 Å². The van der Waals surface area contributed by atoms with Crippen molar-refractivity contribution in [3.8, 4) is 5.95 Å². The molecule has 2 fully saturated rings. The number of nitrogens with one attached hydrogen (secondary N) is 1. The molecule has 18 heteroatoms. The van der Waals surface area contributed by atoms with E-state index in [1.165, 1.54) is 6.07 Å². The fourth-order valence-electron chi connectivity index (χ4n) is 7.70. The van der Waals surface area contributed by atoms with E-state index in [9.17, 15) is 27.6 Å².